The summed E-state index contributed by atoms with van der Waals surface area (Å²) in [4.78, 5) is 26.2. The van der Waals surface area contributed by atoms with Crippen LogP contribution in [0.2, 0.25) is 5.02 Å². The molecule has 1 aromatic carbocycles. The lowest BCUT2D eigenvalue weighted by molar-refractivity contribution is -0.123. The third-order valence-electron chi connectivity index (χ3n) is 4.03. The van der Waals surface area contributed by atoms with Crippen molar-refractivity contribution in [1.82, 2.24) is 10.2 Å². The quantitative estimate of drug-likeness (QED) is 0.730. The molecule has 0 radical (unpaired) electrons. The molecule has 2 atom stereocenters. The lowest BCUT2D eigenvalue weighted by atomic mass is 9.91. The molecule has 2 saturated heterocycles. The highest BCUT2D eigenvalue weighted by Crippen LogP contribution is 2.29. The summed E-state index contributed by atoms with van der Waals surface area (Å²) >= 11 is 8.22. The standard InChI is InChI=1S/C14H14ClIN2O2/c15-10-6-8(3-4-11(10)16)14(20)18-5-1-2-9-12(18)7-17-13(9)19/h3-4,6,9,12H,1-2,5,7H2,(H,17,19). The zero-order chi connectivity index (χ0) is 14.3. The first-order valence-corrected chi connectivity index (χ1v) is 8.07. The Hall–Kier alpha value is -0.820. The van der Waals surface area contributed by atoms with Crippen LogP contribution in [0, 0.1) is 9.49 Å². The van der Waals surface area contributed by atoms with E-state index < -0.39 is 0 Å². The normalized spacial score (nSPS) is 25.3. The number of hydrogen-bond donors (Lipinski definition) is 1. The van der Waals surface area contributed by atoms with Gasteiger partial charge in [0.1, 0.15) is 0 Å². The lowest BCUT2D eigenvalue weighted by Gasteiger charge is -2.36. The smallest absolute Gasteiger partial charge is 0.254 e. The third kappa shape index (κ3) is 2.41. The van der Waals surface area contributed by atoms with Crippen molar-refractivity contribution in [3.8, 4) is 0 Å². The molecule has 1 N–H and O–H groups in total. The van der Waals surface area contributed by atoms with Gasteiger partial charge in [0, 0.05) is 22.2 Å². The molecule has 2 fully saturated rings. The molecule has 2 amide bonds. The molecule has 1 aromatic rings. The molecule has 2 aliphatic heterocycles. The Kier molecular flexibility index (Phi) is 3.90. The summed E-state index contributed by atoms with van der Waals surface area (Å²) in [5.41, 5.74) is 0.593. The molecular weight excluding hydrogens is 391 g/mol. The molecule has 6 heteroatoms. The van der Waals surface area contributed by atoms with Gasteiger partial charge in [0.2, 0.25) is 5.91 Å². The van der Waals surface area contributed by atoms with E-state index in [4.69, 9.17) is 11.6 Å². The van der Waals surface area contributed by atoms with Gasteiger partial charge in [-0.25, -0.2) is 0 Å². The van der Waals surface area contributed by atoms with Crippen molar-refractivity contribution in [3.63, 3.8) is 0 Å². The van der Waals surface area contributed by atoms with Crippen LogP contribution < -0.4 is 5.32 Å². The molecule has 0 aromatic heterocycles. The number of carbonyl (C=O) groups is 2. The van der Waals surface area contributed by atoms with Gasteiger partial charge in [-0.05, 0) is 53.6 Å². The zero-order valence-electron chi connectivity index (χ0n) is 10.7. The van der Waals surface area contributed by atoms with E-state index in [1.807, 2.05) is 11.0 Å². The predicted molar refractivity (Wildman–Crippen MR) is 84.7 cm³/mol. The van der Waals surface area contributed by atoms with Crippen LogP contribution in [0.15, 0.2) is 18.2 Å². The third-order valence-corrected chi connectivity index (χ3v) is 5.60. The first-order chi connectivity index (χ1) is 9.58. The van der Waals surface area contributed by atoms with Crippen LogP contribution >= 0.6 is 34.2 Å². The number of halogens is 2. The van der Waals surface area contributed by atoms with Crippen molar-refractivity contribution in [3.05, 3.63) is 32.4 Å². The van der Waals surface area contributed by atoms with E-state index in [1.54, 1.807) is 12.1 Å². The van der Waals surface area contributed by atoms with Crippen molar-refractivity contribution in [2.45, 2.75) is 18.9 Å². The fraction of sp³-hybridized carbons (Fsp3) is 0.429. The Morgan fingerprint density at radius 3 is 3.00 bits per heavy atom. The molecule has 106 valence electrons. The van der Waals surface area contributed by atoms with Crippen molar-refractivity contribution in [2.75, 3.05) is 13.1 Å². The highest BCUT2D eigenvalue weighted by molar-refractivity contribution is 14.1. The Morgan fingerprint density at radius 1 is 1.45 bits per heavy atom. The Morgan fingerprint density at radius 2 is 2.25 bits per heavy atom. The predicted octanol–water partition coefficient (Wildman–Crippen LogP) is 2.30. The van der Waals surface area contributed by atoms with Gasteiger partial charge in [-0.15, -0.1) is 0 Å². The maximum Gasteiger partial charge on any atom is 0.254 e. The minimum absolute atomic E-state index is 0.0122. The van der Waals surface area contributed by atoms with Crippen LogP contribution in [-0.4, -0.2) is 35.8 Å². The van der Waals surface area contributed by atoms with Gasteiger partial charge in [0.05, 0.1) is 17.0 Å². The van der Waals surface area contributed by atoms with Crippen LogP contribution in [-0.2, 0) is 4.79 Å². The van der Waals surface area contributed by atoms with Crippen molar-refractivity contribution < 1.29 is 9.59 Å². The number of hydrogen-bond acceptors (Lipinski definition) is 2. The van der Waals surface area contributed by atoms with Crippen LogP contribution in [0.25, 0.3) is 0 Å². The molecule has 0 saturated carbocycles. The Labute approximate surface area is 136 Å². The first kappa shape index (κ1) is 14.1. The number of benzene rings is 1. The van der Waals surface area contributed by atoms with E-state index in [0.29, 0.717) is 23.7 Å². The summed E-state index contributed by atoms with van der Waals surface area (Å²) < 4.78 is 0.926. The second kappa shape index (κ2) is 5.52. The molecule has 20 heavy (non-hydrogen) atoms. The number of amides is 2. The van der Waals surface area contributed by atoms with Gasteiger partial charge in [-0.1, -0.05) is 11.6 Å². The maximum atomic E-state index is 12.6. The summed E-state index contributed by atoms with van der Waals surface area (Å²) in [6.07, 6.45) is 1.74. The van der Waals surface area contributed by atoms with E-state index in [2.05, 4.69) is 27.9 Å². The zero-order valence-corrected chi connectivity index (χ0v) is 13.6. The number of fused-ring (bicyclic) bond motifs is 1. The number of nitrogens with zero attached hydrogens (tertiary/aromatic N) is 1. The monoisotopic (exact) mass is 404 g/mol. The molecule has 4 nitrogen and oxygen atoms in total. The minimum Gasteiger partial charge on any atom is -0.354 e. The average molecular weight is 405 g/mol. The molecule has 0 bridgehead atoms. The average Bonchev–Trinajstić information content (AvgIpc) is 2.83. The SMILES string of the molecule is O=C1NCC2C1CCCN2C(=O)c1ccc(I)c(Cl)c1. The molecule has 3 rings (SSSR count). The van der Waals surface area contributed by atoms with E-state index in [0.717, 1.165) is 16.4 Å². The van der Waals surface area contributed by atoms with Crippen molar-refractivity contribution >= 4 is 46.0 Å². The van der Waals surface area contributed by atoms with Crippen LogP contribution in [0.4, 0.5) is 0 Å². The van der Waals surface area contributed by atoms with Gasteiger partial charge < -0.3 is 10.2 Å². The number of likely N-dealkylation sites (tertiary alicyclic amines) is 1. The number of nitrogens with one attached hydrogen (secondary N) is 1. The van der Waals surface area contributed by atoms with E-state index in [1.165, 1.54) is 0 Å². The lowest BCUT2D eigenvalue weighted by Crippen LogP contribution is -2.48. The summed E-state index contributed by atoms with van der Waals surface area (Å²) in [5, 5.41) is 3.45. The molecule has 2 aliphatic rings. The molecular formula is C14H14ClIN2O2. The fourth-order valence-electron chi connectivity index (χ4n) is 3.00. The molecule has 0 aliphatic carbocycles. The van der Waals surface area contributed by atoms with Crippen LogP contribution in [0.1, 0.15) is 23.2 Å². The summed E-state index contributed by atoms with van der Waals surface area (Å²) in [7, 11) is 0. The number of piperidine rings is 1. The summed E-state index contributed by atoms with van der Waals surface area (Å²) in [5.74, 6) is -0.00494. The number of rotatable bonds is 1. The molecule has 2 unspecified atom stereocenters. The first-order valence-electron chi connectivity index (χ1n) is 6.61. The van der Waals surface area contributed by atoms with Crippen molar-refractivity contribution in [2.24, 2.45) is 5.92 Å². The minimum atomic E-state index is -0.0491. The van der Waals surface area contributed by atoms with Crippen LogP contribution in [0.3, 0.4) is 0 Å². The largest absolute Gasteiger partial charge is 0.354 e. The maximum absolute atomic E-state index is 12.6. The van der Waals surface area contributed by atoms with E-state index in [9.17, 15) is 9.59 Å². The highest BCUT2D eigenvalue weighted by atomic mass is 127. The van der Waals surface area contributed by atoms with Gasteiger partial charge >= 0.3 is 0 Å². The highest BCUT2D eigenvalue weighted by Gasteiger charge is 2.42. The summed E-state index contributed by atoms with van der Waals surface area (Å²) in [6.45, 7) is 1.27. The Bertz CT molecular complexity index is 578. The van der Waals surface area contributed by atoms with Crippen LogP contribution in [0.5, 0.6) is 0 Å². The van der Waals surface area contributed by atoms with Gasteiger partial charge in [-0.3, -0.25) is 9.59 Å². The van der Waals surface area contributed by atoms with Gasteiger partial charge in [0.25, 0.3) is 5.91 Å². The van der Waals surface area contributed by atoms with Gasteiger partial charge in [0.15, 0.2) is 0 Å². The fourth-order valence-corrected chi connectivity index (χ4v) is 3.51. The summed E-state index contributed by atoms with van der Waals surface area (Å²) in [6, 6.07) is 5.33. The van der Waals surface area contributed by atoms with E-state index in [-0.39, 0.29) is 23.8 Å². The Balaban J connectivity index is 1.86. The second-order valence-electron chi connectivity index (χ2n) is 5.19. The number of carbonyl (C=O) groups excluding carboxylic acids is 2. The molecule has 2 heterocycles. The van der Waals surface area contributed by atoms with E-state index >= 15 is 0 Å². The van der Waals surface area contributed by atoms with Crippen molar-refractivity contribution in [1.29, 1.82) is 0 Å². The topological polar surface area (TPSA) is 49.4 Å². The molecule has 0 spiro atoms. The van der Waals surface area contributed by atoms with Gasteiger partial charge in [-0.2, -0.15) is 0 Å². The second-order valence-corrected chi connectivity index (χ2v) is 6.76.